The fourth-order valence-electron chi connectivity index (χ4n) is 3.66. The van der Waals surface area contributed by atoms with Crippen LogP contribution in [-0.2, 0) is 0 Å². The van der Waals surface area contributed by atoms with Crippen LogP contribution in [0.2, 0.25) is 0 Å². The molecule has 0 saturated carbocycles. The summed E-state index contributed by atoms with van der Waals surface area (Å²) in [7, 11) is 0. The molecule has 0 unspecified atom stereocenters. The fourth-order valence-corrected chi connectivity index (χ4v) is 3.66. The second-order valence-electron chi connectivity index (χ2n) is 7.29. The number of aromatic nitrogens is 2. The van der Waals surface area contributed by atoms with Crippen molar-refractivity contribution < 1.29 is 9.47 Å². The van der Waals surface area contributed by atoms with E-state index in [9.17, 15) is 5.26 Å². The van der Waals surface area contributed by atoms with Crippen LogP contribution in [0.5, 0.6) is 11.6 Å². The molecule has 1 aliphatic heterocycles. The molecule has 6 nitrogen and oxygen atoms in total. The molecule has 1 atom stereocenters. The highest BCUT2D eigenvalue weighted by atomic mass is 16.5. The Bertz CT molecular complexity index is 1120. The van der Waals surface area contributed by atoms with Crippen LogP contribution < -0.4 is 15.2 Å². The first-order valence-electron chi connectivity index (χ1n) is 9.48. The number of aromatic amines is 1. The number of nitriles is 1. The summed E-state index contributed by atoms with van der Waals surface area (Å²) in [5.74, 6) is 0.926. The van der Waals surface area contributed by atoms with Crippen LogP contribution >= 0.6 is 0 Å². The van der Waals surface area contributed by atoms with Crippen molar-refractivity contribution in [2.75, 3.05) is 0 Å². The molecule has 3 aromatic rings. The molecule has 0 saturated heterocycles. The largest absolute Gasteiger partial charge is 0.491 e. The summed E-state index contributed by atoms with van der Waals surface area (Å²) in [4.78, 5) is 0. The van der Waals surface area contributed by atoms with Gasteiger partial charge in [0.2, 0.25) is 11.8 Å². The van der Waals surface area contributed by atoms with Crippen LogP contribution in [0.15, 0.2) is 60.0 Å². The molecule has 0 fully saturated rings. The zero-order chi connectivity index (χ0) is 20.5. The maximum Gasteiger partial charge on any atom is 0.244 e. The molecule has 3 N–H and O–H groups in total. The Morgan fingerprint density at radius 1 is 1.17 bits per heavy atom. The number of nitrogens with zero attached hydrogens (tertiary/aromatic N) is 2. The molecule has 29 heavy (non-hydrogen) atoms. The highest BCUT2D eigenvalue weighted by Gasteiger charge is 2.36. The van der Waals surface area contributed by atoms with Gasteiger partial charge in [0.25, 0.3) is 0 Å². The molecule has 1 aromatic heterocycles. The quantitative estimate of drug-likeness (QED) is 0.693. The molecule has 4 rings (SSSR count). The molecule has 146 valence electrons. The van der Waals surface area contributed by atoms with Crippen molar-refractivity contribution in [1.29, 1.82) is 5.26 Å². The van der Waals surface area contributed by atoms with Crippen molar-refractivity contribution >= 4 is 0 Å². The third kappa shape index (κ3) is 3.32. The summed E-state index contributed by atoms with van der Waals surface area (Å²) in [6.45, 7) is 6.00. The molecule has 2 heterocycles. The van der Waals surface area contributed by atoms with Gasteiger partial charge in [-0.15, -0.1) is 5.10 Å². The number of H-pyrrole nitrogens is 1. The van der Waals surface area contributed by atoms with Crippen LogP contribution in [0, 0.1) is 18.3 Å². The summed E-state index contributed by atoms with van der Waals surface area (Å²) in [5, 5.41) is 17.2. The van der Waals surface area contributed by atoms with Gasteiger partial charge in [0.15, 0.2) is 0 Å². The van der Waals surface area contributed by atoms with Gasteiger partial charge in [-0.05, 0) is 56.2 Å². The third-order valence-electron chi connectivity index (χ3n) is 4.95. The molecule has 0 amide bonds. The summed E-state index contributed by atoms with van der Waals surface area (Å²) < 4.78 is 11.4. The lowest BCUT2D eigenvalue weighted by atomic mass is 9.81. The number of hydrogen-bond donors (Lipinski definition) is 2. The van der Waals surface area contributed by atoms with E-state index in [-0.39, 0.29) is 17.9 Å². The van der Waals surface area contributed by atoms with Gasteiger partial charge >= 0.3 is 0 Å². The normalized spacial score (nSPS) is 15.6. The van der Waals surface area contributed by atoms with E-state index in [4.69, 9.17) is 15.2 Å². The van der Waals surface area contributed by atoms with Crippen molar-refractivity contribution in [3.05, 3.63) is 76.7 Å². The van der Waals surface area contributed by atoms with Crippen molar-refractivity contribution in [2.45, 2.75) is 32.8 Å². The monoisotopic (exact) mass is 386 g/mol. The molecular weight excluding hydrogens is 364 g/mol. The minimum absolute atomic E-state index is 0.0898. The van der Waals surface area contributed by atoms with Crippen LogP contribution in [-0.4, -0.2) is 16.3 Å². The number of allylic oxidation sites excluding steroid dienone is 1. The zero-order valence-corrected chi connectivity index (χ0v) is 16.6. The predicted molar refractivity (Wildman–Crippen MR) is 110 cm³/mol. The van der Waals surface area contributed by atoms with Gasteiger partial charge in [-0.2, -0.15) is 5.26 Å². The standard InChI is InChI=1S/C23H22N4O2/c1-13(2)28-16-10-8-15(9-11-16)21-20-19(17-7-5-4-6-14(17)3)18(12-24)22(25)29-23(20)27-26-21/h4-11,13,19H,25H2,1-3H3,(H,26,27)/t19-/m1/s1. The Kier molecular flexibility index (Phi) is 4.73. The minimum atomic E-state index is -0.356. The molecule has 1 aliphatic rings. The Morgan fingerprint density at radius 3 is 2.55 bits per heavy atom. The van der Waals surface area contributed by atoms with Crippen molar-refractivity contribution in [1.82, 2.24) is 10.2 Å². The lowest BCUT2D eigenvalue weighted by molar-refractivity contribution is 0.242. The summed E-state index contributed by atoms with van der Waals surface area (Å²) in [6, 6.07) is 18.0. The molecule has 0 spiro atoms. The van der Waals surface area contributed by atoms with Gasteiger partial charge in [-0.1, -0.05) is 24.3 Å². The van der Waals surface area contributed by atoms with Crippen LogP contribution in [0.1, 0.15) is 36.5 Å². The Labute approximate surface area is 169 Å². The smallest absolute Gasteiger partial charge is 0.244 e. The highest BCUT2D eigenvalue weighted by Crippen LogP contribution is 2.46. The number of fused-ring (bicyclic) bond motifs is 1. The van der Waals surface area contributed by atoms with Gasteiger partial charge in [-0.3, -0.25) is 5.10 Å². The van der Waals surface area contributed by atoms with E-state index in [2.05, 4.69) is 16.3 Å². The summed E-state index contributed by atoms with van der Waals surface area (Å²) in [6.07, 6.45) is 0.103. The van der Waals surface area contributed by atoms with E-state index in [1.54, 1.807) is 0 Å². The van der Waals surface area contributed by atoms with Crippen LogP contribution in [0.3, 0.4) is 0 Å². The van der Waals surface area contributed by atoms with E-state index in [1.165, 1.54) is 0 Å². The maximum atomic E-state index is 9.81. The van der Waals surface area contributed by atoms with Gasteiger partial charge in [0.05, 0.1) is 23.3 Å². The van der Waals surface area contributed by atoms with Gasteiger partial charge in [0, 0.05) is 5.56 Å². The molecule has 6 heteroatoms. The van der Waals surface area contributed by atoms with Crippen molar-refractivity contribution in [2.24, 2.45) is 5.73 Å². The maximum absolute atomic E-state index is 9.81. The van der Waals surface area contributed by atoms with E-state index in [0.717, 1.165) is 33.7 Å². The number of rotatable bonds is 4. The molecule has 2 aromatic carbocycles. The Hall–Kier alpha value is -3.72. The summed E-state index contributed by atoms with van der Waals surface area (Å²) >= 11 is 0. The van der Waals surface area contributed by atoms with Crippen molar-refractivity contribution in [3.63, 3.8) is 0 Å². The van der Waals surface area contributed by atoms with E-state index >= 15 is 0 Å². The second kappa shape index (κ2) is 7.36. The average Bonchev–Trinajstić information content (AvgIpc) is 3.11. The number of nitrogens with one attached hydrogen (secondary N) is 1. The first kappa shape index (κ1) is 18.6. The number of nitrogens with two attached hydrogens (primary N) is 1. The third-order valence-corrected chi connectivity index (χ3v) is 4.95. The SMILES string of the molecule is Cc1ccccc1[C@@H]1C(C#N)=C(N)Oc2n[nH]c(-c3ccc(OC(C)C)cc3)c21. The van der Waals surface area contributed by atoms with E-state index in [1.807, 2.05) is 69.3 Å². The Morgan fingerprint density at radius 2 is 1.90 bits per heavy atom. The van der Waals surface area contributed by atoms with Crippen LogP contribution in [0.25, 0.3) is 11.3 Å². The van der Waals surface area contributed by atoms with Crippen molar-refractivity contribution in [3.8, 4) is 29.0 Å². The van der Waals surface area contributed by atoms with Gasteiger partial charge < -0.3 is 15.2 Å². The average molecular weight is 386 g/mol. The highest BCUT2D eigenvalue weighted by molar-refractivity contribution is 5.71. The van der Waals surface area contributed by atoms with Gasteiger partial charge in [0.1, 0.15) is 17.4 Å². The first-order chi connectivity index (χ1) is 14.0. The summed E-state index contributed by atoms with van der Waals surface area (Å²) in [5.41, 5.74) is 11.0. The number of benzene rings is 2. The second-order valence-corrected chi connectivity index (χ2v) is 7.29. The van der Waals surface area contributed by atoms with E-state index in [0.29, 0.717) is 11.5 Å². The molecule has 0 aliphatic carbocycles. The van der Waals surface area contributed by atoms with Crippen LogP contribution in [0.4, 0.5) is 0 Å². The number of ether oxygens (including phenoxy) is 2. The van der Waals surface area contributed by atoms with Gasteiger partial charge in [-0.25, -0.2) is 0 Å². The number of hydrogen-bond acceptors (Lipinski definition) is 5. The molecular formula is C23H22N4O2. The Balaban J connectivity index is 1.85. The fraction of sp³-hybridized carbons (Fsp3) is 0.217. The molecule has 0 bridgehead atoms. The lowest BCUT2D eigenvalue weighted by Crippen LogP contribution is -2.21. The van der Waals surface area contributed by atoms with E-state index < -0.39 is 0 Å². The number of aryl methyl sites for hydroxylation is 1. The topological polar surface area (TPSA) is 97.0 Å². The molecule has 0 radical (unpaired) electrons. The zero-order valence-electron chi connectivity index (χ0n) is 16.6. The predicted octanol–water partition coefficient (Wildman–Crippen LogP) is 4.39. The first-order valence-corrected chi connectivity index (χ1v) is 9.48. The lowest BCUT2D eigenvalue weighted by Gasteiger charge is -2.25. The minimum Gasteiger partial charge on any atom is -0.491 e.